The van der Waals surface area contributed by atoms with Gasteiger partial charge in [0.25, 0.3) is 0 Å². The minimum absolute atomic E-state index is 0. The van der Waals surface area contributed by atoms with E-state index in [4.69, 9.17) is 9.47 Å². The van der Waals surface area contributed by atoms with Crippen LogP contribution in [0.1, 0.15) is 30.7 Å². The number of carboxylic acid groups (broad SMARTS) is 1. The summed E-state index contributed by atoms with van der Waals surface area (Å²) in [5, 5.41) is 11.0. The van der Waals surface area contributed by atoms with E-state index in [-0.39, 0.29) is 36.2 Å². The zero-order chi connectivity index (χ0) is 13.8. The minimum Gasteiger partial charge on any atom is -0.546 e. The van der Waals surface area contributed by atoms with E-state index in [0.717, 1.165) is 22.9 Å². The number of hydrogen-bond donors (Lipinski definition) is 0. The van der Waals surface area contributed by atoms with E-state index < -0.39 is 12.1 Å². The van der Waals surface area contributed by atoms with Crippen molar-refractivity contribution in [2.75, 3.05) is 13.7 Å². The SMILES string of the molecule is COC[C@H](Oc1ccc(Br)cc1C1CCC1)C(=O)[O-].[Na+]. The molecule has 4 nitrogen and oxygen atoms in total. The van der Waals surface area contributed by atoms with Crippen molar-refractivity contribution in [3.63, 3.8) is 0 Å². The molecule has 1 atom stereocenters. The van der Waals surface area contributed by atoms with Crippen LogP contribution in [0.2, 0.25) is 0 Å². The average Bonchev–Trinajstić information content (AvgIpc) is 2.29. The van der Waals surface area contributed by atoms with Gasteiger partial charge in [-0.2, -0.15) is 0 Å². The molecule has 1 fully saturated rings. The summed E-state index contributed by atoms with van der Waals surface area (Å²) in [5.41, 5.74) is 1.06. The summed E-state index contributed by atoms with van der Waals surface area (Å²) >= 11 is 3.43. The molecule has 0 N–H and O–H groups in total. The molecule has 1 saturated carbocycles. The average molecular weight is 351 g/mol. The number of aliphatic carboxylic acids is 1. The van der Waals surface area contributed by atoms with Gasteiger partial charge in [-0.25, -0.2) is 0 Å². The molecule has 20 heavy (non-hydrogen) atoms. The first-order valence-corrected chi connectivity index (χ1v) is 7.07. The van der Waals surface area contributed by atoms with Gasteiger partial charge in [0.05, 0.1) is 12.6 Å². The van der Waals surface area contributed by atoms with Gasteiger partial charge in [-0.05, 0) is 42.5 Å². The Morgan fingerprint density at radius 3 is 2.70 bits per heavy atom. The zero-order valence-corrected chi connectivity index (χ0v) is 15.3. The fraction of sp³-hybridized carbons (Fsp3) is 0.500. The maximum Gasteiger partial charge on any atom is 1.00 e. The van der Waals surface area contributed by atoms with Crippen molar-refractivity contribution in [1.82, 2.24) is 0 Å². The van der Waals surface area contributed by atoms with Crippen molar-refractivity contribution in [3.8, 4) is 5.75 Å². The summed E-state index contributed by atoms with van der Waals surface area (Å²) < 4.78 is 11.4. The molecule has 6 heteroatoms. The van der Waals surface area contributed by atoms with Crippen LogP contribution < -0.4 is 39.4 Å². The zero-order valence-electron chi connectivity index (χ0n) is 11.7. The van der Waals surface area contributed by atoms with Crippen LogP contribution in [0.25, 0.3) is 0 Å². The molecule has 0 aliphatic heterocycles. The van der Waals surface area contributed by atoms with Crippen LogP contribution in [0.15, 0.2) is 22.7 Å². The van der Waals surface area contributed by atoms with Gasteiger partial charge in [-0.3, -0.25) is 0 Å². The van der Waals surface area contributed by atoms with Crippen molar-refractivity contribution in [2.45, 2.75) is 31.3 Å². The monoisotopic (exact) mass is 350 g/mol. The third-order valence-electron chi connectivity index (χ3n) is 3.37. The van der Waals surface area contributed by atoms with E-state index >= 15 is 0 Å². The molecule has 1 aromatic carbocycles. The Kier molecular flexibility index (Phi) is 7.54. The molecule has 1 aliphatic rings. The smallest absolute Gasteiger partial charge is 0.546 e. The van der Waals surface area contributed by atoms with Gasteiger partial charge in [0.2, 0.25) is 0 Å². The molecule has 0 aromatic heterocycles. The molecule has 2 rings (SSSR count). The number of rotatable bonds is 6. The summed E-state index contributed by atoms with van der Waals surface area (Å²) in [4.78, 5) is 11.0. The van der Waals surface area contributed by atoms with Crippen molar-refractivity contribution < 1.29 is 48.9 Å². The first kappa shape index (κ1) is 18.0. The second-order valence-corrected chi connectivity index (χ2v) is 5.61. The minimum atomic E-state index is -1.26. The Balaban J connectivity index is 0.00000200. The van der Waals surface area contributed by atoms with Crippen LogP contribution >= 0.6 is 15.9 Å². The van der Waals surface area contributed by atoms with Crippen LogP contribution in [-0.4, -0.2) is 25.8 Å². The number of carboxylic acids is 1. The van der Waals surface area contributed by atoms with E-state index in [1.54, 1.807) is 6.07 Å². The maximum atomic E-state index is 11.0. The van der Waals surface area contributed by atoms with E-state index in [0.29, 0.717) is 11.7 Å². The molecular weight excluding hydrogens is 335 g/mol. The molecule has 0 spiro atoms. The van der Waals surface area contributed by atoms with E-state index in [9.17, 15) is 9.90 Å². The van der Waals surface area contributed by atoms with Crippen molar-refractivity contribution in [2.24, 2.45) is 0 Å². The molecule has 0 radical (unpaired) electrons. The van der Waals surface area contributed by atoms with E-state index in [1.165, 1.54) is 13.5 Å². The van der Waals surface area contributed by atoms with Crippen molar-refractivity contribution in [3.05, 3.63) is 28.2 Å². The van der Waals surface area contributed by atoms with Crippen molar-refractivity contribution >= 4 is 21.9 Å². The van der Waals surface area contributed by atoms with Crippen molar-refractivity contribution in [1.29, 1.82) is 0 Å². The van der Waals surface area contributed by atoms with E-state index in [2.05, 4.69) is 15.9 Å². The number of methoxy groups -OCH3 is 1. The molecule has 0 bridgehead atoms. The Morgan fingerprint density at radius 1 is 1.50 bits per heavy atom. The van der Waals surface area contributed by atoms with Crippen LogP contribution in [0.4, 0.5) is 0 Å². The molecule has 0 saturated heterocycles. The summed E-state index contributed by atoms with van der Waals surface area (Å²) in [6.45, 7) is -0.0253. The van der Waals surface area contributed by atoms with Gasteiger partial charge in [0.1, 0.15) is 5.75 Å². The number of carbonyl (C=O) groups excluding carboxylic acids is 1. The number of halogens is 1. The van der Waals surface area contributed by atoms with Crippen LogP contribution in [0, 0.1) is 0 Å². The predicted octanol–water partition coefficient (Wildman–Crippen LogP) is -1.14. The largest absolute Gasteiger partial charge is 1.00 e. The Labute approximate surface area is 149 Å². The number of ether oxygens (including phenoxy) is 2. The van der Waals surface area contributed by atoms with Crippen LogP contribution in [-0.2, 0) is 9.53 Å². The summed E-state index contributed by atoms with van der Waals surface area (Å²) in [6.07, 6.45) is 2.36. The summed E-state index contributed by atoms with van der Waals surface area (Å²) in [7, 11) is 1.44. The molecule has 0 unspecified atom stereocenters. The topological polar surface area (TPSA) is 58.6 Å². The summed E-state index contributed by atoms with van der Waals surface area (Å²) in [5.74, 6) is -0.194. The fourth-order valence-electron chi connectivity index (χ4n) is 2.12. The van der Waals surface area contributed by atoms with Gasteiger partial charge in [-0.1, -0.05) is 22.4 Å². The fourth-order valence-corrected chi connectivity index (χ4v) is 2.50. The standard InChI is InChI=1S/C14H17BrO4.Na/c1-18-8-13(14(16)17)19-12-6-5-10(15)7-11(12)9-3-2-4-9;/h5-7,9,13H,2-4,8H2,1H3,(H,16,17);/q;+1/p-1/t13-;/m0./s1. The summed E-state index contributed by atoms with van der Waals surface area (Å²) in [6, 6.07) is 5.64. The van der Waals surface area contributed by atoms with Gasteiger partial charge in [0, 0.05) is 11.6 Å². The Hall–Kier alpha value is -0.0700. The van der Waals surface area contributed by atoms with Gasteiger partial charge < -0.3 is 19.4 Å². The first-order chi connectivity index (χ1) is 9.11. The quantitative estimate of drug-likeness (QED) is 0.609. The second kappa shape index (κ2) is 8.39. The molecule has 104 valence electrons. The molecule has 1 aromatic rings. The normalized spacial score (nSPS) is 15.9. The van der Waals surface area contributed by atoms with Crippen LogP contribution in [0.5, 0.6) is 5.75 Å². The predicted molar refractivity (Wildman–Crippen MR) is 72.0 cm³/mol. The number of benzene rings is 1. The van der Waals surface area contributed by atoms with Gasteiger partial charge >= 0.3 is 29.6 Å². The molecule has 0 amide bonds. The third-order valence-corrected chi connectivity index (χ3v) is 3.86. The molecule has 0 heterocycles. The maximum absolute atomic E-state index is 11.0. The molecule has 1 aliphatic carbocycles. The van der Waals surface area contributed by atoms with Crippen LogP contribution in [0.3, 0.4) is 0 Å². The third kappa shape index (κ3) is 4.46. The Morgan fingerprint density at radius 2 is 2.20 bits per heavy atom. The number of hydrogen-bond acceptors (Lipinski definition) is 4. The van der Waals surface area contributed by atoms with Gasteiger partial charge in [0.15, 0.2) is 6.10 Å². The first-order valence-electron chi connectivity index (χ1n) is 6.27. The number of carbonyl (C=O) groups is 1. The second-order valence-electron chi connectivity index (χ2n) is 4.69. The molecular formula is C14H16BrNaO4. The Bertz CT molecular complexity index is 462. The van der Waals surface area contributed by atoms with E-state index in [1.807, 2.05) is 12.1 Å². The van der Waals surface area contributed by atoms with Gasteiger partial charge in [-0.15, -0.1) is 0 Å².